The smallest absolute Gasteiger partial charge is 0.103 e. The molecule has 3 heteroatoms. The van der Waals surface area contributed by atoms with E-state index in [0.717, 1.165) is 25.1 Å². The van der Waals surface area contributed by atoms with E-state index in [1.165, 1.54) is 16.8 Å². The highest BCUT2D eigenvalue weighted by Crippen LogP contribution is 2.37. The quantitative estimate of drug-likeness (QED) is 0.764. The van der Waals surface area contributed by atoms with Gasteiger partial charge in [0.25, 0.3) is 0 Å². The monoisotopic (exact) mass is 282 g/mol. The maximum Gasteiger partial charge on any atom is 0.103 e. The molecule has 0 aromatic heterocycles. The van der Waals surface area contributed by atoms with Crippen LogP contribution in [-0.2, 0) is 6.42 Å². The first-order valence-electron chi connectivity index (χ1n) is 6.76. The zero-order valence-corrected chi connectivity index (χ0v) is 12.1. The number of fused-ring (bicyclic) bond motifs is 1. The Morgan fingerprint density at radius 3 is 2.85 bits per heavy atom. The Labute approximate surface area is 124 Å². The van der Waals surface area contributed by atoms with E-state index in [4.69, 9.17) is 11.6 Å². The molecule has 0 spiro atoms. The van der Waals surface area contributed by atoms with E-state index in [-0.39, 0.29) is 0 Å². The molecule has 1 heterocycles. The summed E-state index contributed by atoms with van der Waals surface area (Å²) < 4.78 is 0. The second-order valence-electron chi connectivity index (χ2n) is 5.13. The number of nitriles is 1. The molecular formula is C17H15ClN2. The number of halogens is 1. The molecule has 0 radical (unpaired) electrons. The molecule has 0 atom stereocenters. The third-order valence-electron chi connectivity index (χ3n) is 3.75. The van der Waals surface area contributed by atoms with E-state index in [9.17, 15) is 5.26 Å². The van der Waals surface area contributed by atoms with E-state index in [1.54, 1.807) is 6.07 Å². The van der Waals surface area contributed by atoms with Gasteiger partial charge in [0.1, 0.15) is 6.07 Å². The van der Waals surface area contributed by atoms with Crippen LogP contribution in [0.2, 0.25) is 5.02 Å². The number of nitrogens with zero attached hydrogens (tertiary/aromatic N) is 2. The van der Waals surface area contributed by atoms with Gasteiger partial charge in [-0.25, -0.2) is 0 Å². The van der Waals surface area contributed by atoms with E-state index in [0.29, 0.717) is 10.6 Å². The average Bonchev–Trinajstić information content (AvgIpc) is 2.46. The fraction of sp³-hybridized carbons (Fsp3) is 0.235. The van der Waals surface area contributed by atoms with E-state index in [1.807, 2.05) is 12.1 Å². The Kier molecular flexibility index (Phi) is 3.38. The van der Waals surface area contributed by atoms with Crippen LogP contribution in [0.3, 0.4) is 0 Å². The Balaban J connectivity index is 2.15. The molecular weight excluding hydrogens is 268 g/mol. The van der Waals surface area contributed by atoms with Gasteiger partial charge in [0.05, 0.1) is 16.3 Å². The lowest BCUT2D eigenvalue weighted by atomic mass is 9.98. The third-order valence-corrected chi connectivity index (χ3v) is 4.06. The number of rotatable bonds is 1. The van der Waals surface area contributed by atoms with Gasteiger partial charge >= 0.3 is 0 Å². The minimum atomic E-state index is 0.518. The van der Waals surface area contributed by atoms with Crippen LogP contribution in [0.15, 0.2) is 36.4 Å². The summed E-state index contributed by atoms with van der Waals surface area (Å²) in [6.07, 6.45) is 2.18. The molecule has 0 saturated carbocycles. The first-order chi connectivity index (χ1) is 9.70. The highest BCUT2D eigenvalue weighted by atomic mass is 35.5. The fourth-order valence-corrected chi connectivity index (χ4v) is 3.04. The van der Waals surface area contributed by atoms with Gasteiger partial charge in [0.2, 0.25) is 0 Å². The van der Waals surface area contributed by atoms with Crippen molar-refractivity contribution in [3.63, 3.8) is 0 Å². The molecule has 100 valence electrons. The molecule has 3 rings (SSSR count). The highest BCUT2D eigenvalue weighted by Gasteiger charge is 2.21. The maximum atomic E-state index is 9.36. The Hall–Kier alpha value is -1.98. The van der Waals surface area contributed by atoms with Crippen molar-refractivity contribution < 1.29 is 0 Å². The van der Waals surface area contributed by atoms with E-state index < -0.39 is 0 Å². The van der Waals surface area contributed by atoms with Crippen LogP contribution < -0.4 is 4.90 Å². The summed E-state index contributed by atoms with van der Waals surface area (Å²) in [7, 11) is 0. The van der Waals surface area contributed by atoms with Gasteiger partial charge in [0.15, 0.2) is 0 Å². The number of anilines is 2. The topological polar surface area (TPSA) is 27.0 Å². The predicted molar refractivity (Wildman–Crippen MR) is 82.7 cm³/mol. The number of benzene rings is 2. The zero-order chi connectivity index (χ0) is 14.1. The minimum Gasteiger partial charge on any atom is -0.340 e. The molecule has 2 aromatic carbocycles. The largest absolute Gasteiger partial charge is 0.340 e. The SMILES string of the molecule is Cc1ccc2c(c1)CCCN2c1cccc(Cl)c1C#N. The number of aryl methyl sites for hydroxylation is 2. The van der Waals surface area contributed by atoms with Crippen molar-refractivity contribution in [2.75, 3.05) is 11.4 Å². The number of hydrogen-bond acceptors (Lipinski definition) is 2. The first kappa shape index (κ1) is 13.0. The lowest BCUT2D eigenvalue weighted by Crippen LogP contribution is -2.25. The van der Waals surface area contributed by atoms with Gasteiger partial charge in [-0.15, -0.1) is 0 Å². The molecule has 1 aliphatic rings. The fourth-order valence-electron chi connectivity index (χ4n) is 2.82. The van der Waals surface area contributed by atoms with Gasteiger partial charge in [-0.3, -0.25) is 0 Å². The molecule has 0 aliphatic carbocycles. The van der Waals surface area contributed by atoms with Gasteiger partial charge in [-0.2, -0.15) is 5.26 Å². The molecule has 0 bridgehead atoms. The summed E-state index contributed by atoms with van der Waals surface area (Å²) in [6.45, 7) is 3.03. The normalized spacial score (nSPS) is 13.8. The standard InChI is InChI=1S/C17H15ClN2/c1-12-7-8-16-13(10-12)4-3-9-20(16)17-6-2-5-15(18)14(17)11-19/h2,5-8,10H,3-4,9H2,1H3. The Bertz CT molecular complexity index is 701. The van der Waals surface area contributed by atoms with Crippen molar-refractivity contribution in [3.8, 4) is 6.07 Å². The van der Waals surface area contributed by atoms with Crippen molar-refractivity contribution in [2.45, 2.75) is 19.8 Å². The van der Waals surface area contributed by atoms with Crippen LogP contribution in [0.5, 0.6) is 0 Å². The van der Waals surface area contributed by atoms with Gasteiger partial charge < -0.3 is 4.90 Å². The van der Waals surface area contributed by atoms with Crippen molar-refractivity contribution in [1.29, 1.82) is 5.26 Å². The average molecular weight is 283 g/mol. The van der Waals surface area contributed by atoms with Gasteiger partial charge in [-0.1, -0.05) is 35.4 Å². The van der Waals surface area contributed by atoms with Crippen molar-refractivity contribution in [2.24, 2.45) is 0 Å². The van der Waals surface area contributed by atoms with Gasteiger partial charge in [0, 0.05) is 12.2 Å². The molecule has 2 nitrogen and oxygen atoms in total. The predicted octanol–water partition coefficient (Wildman–Crippen LogP) is 4.60. The minimum absolute atomic E-state index is 0.518. The zero-order valence-electron chi connectivity index (χ0n) is 11.4. The molecule has 0 amide bonds. The van der Waals surface area contributed by atoms with Crippen LogP contribution in [0.1, 0.15) is 23.1 Å². The van der Waals surface area contributed by atoms with Crippen molar-refractivity contribution in [3.05, 3.63) is 58.1 Å². The summed E-state index contributed by atoms with van der Waals surface area (Å²) in [5.74, 6) is 0. The van der Waals surface area contributed by atoms with Crippen molar-refractivity contribution in [1.82, 2.24) is 0 Å². The second kappa shape index (κ2) is 5.19. The molecule has 0 saturated heterocycles. The molecule has 0 N–H and O–H groups in total. The molecule has 2 aromatic rings. The Morgan fingerprint density at radius 2 is 2.05 bits per heavy atom. The summed E-state index contributed by atoms with van der Waals surface area (Å²) in [5.41, 5.74) is 5.28. The summed E-state index contributed by atoms with van der Waals surface area (Å²) in [4.78, 5) is 2.21. The third kappa shape index (κ3) is 2.15. The van der Waals surface area contributed by atoms with Gasteiger partial charge in [-0.05, 0) is 43.5 Å². The number of hydrogen-bond donors (Lipinski definition) is 0. The van der Waals surface area contributed by atoms with E-state index >= 15 is 0 Å². The summed E-state index contributed by atoms with van der Waals surface area (Å²) >= 11 is 6.15. The lowest BCUT2D eigenvalue weighted by molar-refractivity contribution is 0.765. The molecule has 1 aliphatic heterocycles. The van der Waals surface area contributed by atoms with Crippen LogP contribution in [0, 0.1) is 18.3 Å². The second-order valence-corrected chi connectivity index (χ2v) is 5.54. The van der Waals surface area contributed by atoms with Crippen LogP contribution in [0.25, 0.3) is 0 Å². The lowest BCUT2D eigenvalue weighted by Gasteiger charge is -2.32. The summed E-state index contributed by atoms with van der Waals surface area (Å²) in [6, 6.07) is 14.4. The summed E-state index contributed by atoms with van der Waals surface area (Å²) in [5, 5.41) is 9.88. The highest BCUT2D eigenvalue weighted by molar-refractivity contribution is 6.32. The van der Waals surface area contributed by atoms with Crippen molar-refractivity contribution >= 4 is 23.0 Å². The molecule has 0 unspecified atom stereocenters. The van der Waals surface area contributed by atoms with Crippen LogP contribution in [0.4, 0.5) is 11.4 Å². The van der Waals surface area contributed by atoms with Crippen LogP contribution >= 0.6 is 11.6 Å². The Morgan fingerprint density at radius 1 is 1.20 bits per heavy atom. The van der Waals surface area contributed by atoms with Crippen LogP contribution in [-0.4, -0.2) is 6.54 Å². The molecule has 20 heavy (non-hydrogen) atoms. The first-order valence-corrected chi connectivity index (χ1v) is 7.14. The van der Waals surface area contributed by atoms with E-state index in [2.05, 4.69) is 36.1 Å². The maximum absolute atomic E-state index is 9.36. The molecule has 0 fully saturated rings.